The normalized spacial score (nSPS) is 13.2. The van der Waals surface area contributed by atoms with Gasteiger partial charge in [0.05, 0.1) is 11.2 Å². The van der Waals surface area contributed by atoms with Crippen LogP contribution in [0.5, 0.6) is 0 Å². The smallest absolute Gasteiger partial charge is 0.0794 e. The number of benzene rings is 9. The predicted molar refractivity (Wildman–Crippen MR) is 226 cm³/mol. The molecule has 0 bridgehead atoms. The van der Waals surface area contributed by atoms with Gasteiger partial charge in [0.25, 0.3) is 0 Å². The van der Waals surface area contributed by atoms with E-state index >= 15 is 0 Å². The van der Waals surface area contributed by atoms with E-state index in [9.17, 15) is 0 Å². The van der Waals surface area contributed by atoms with Gasteiger partial charge in [-0.3, -0.25) is 0 Å². The summed E-state index contributed by atoms with van der Waals surface area (Å²) in [5.41, 5.74) is 13.4. The van der Waals surface area contributed by atoms with E-state index in [2.05, 4.69) is 190 Å². The molecular weight excluding hydrogens is 639 g/mol. The monoisotopic (exact) mass is 673 g/mol. The van der Waals surface area contributed by atoms with Gasteiger partial charge in [-0.1, -0.05) is 184 Å². The van der Waals surface area contributed by atoms with Gasteiger partial charge in [-0.05, 0) is 88.3 Å². The number of hydrogen-bond donors (Lipinski definition) is 0. The van der Waals surface area contributed by atoms with Crippen LogP contribution < -0.4 is 0 Å². The molecule has 1 aromatic heterocycles. The van der Waals surface area contributed by atoms with Crippen molar-refractivity contribution in [3.63, 3.8) is 0 Å². The van der Waals surface area contributed by atoms with Crippen LogP contribution in [0.4, 0.5) is 0 Å². The van der Waals surface area contributed by atoms with Gasteiger partial charge in [0.2, 0.25) is 0 Å². The second-order valence-electron chi connectivity index (χ2n) is 15.0. The molecule has 1 heteroatoms. The summed E-state index contributed by atoms with van der Waals surface area (Å²) in [6.45, 7) is 4.72. The van der Waals surface area contributed by atoms with Gasteiger partial charge in [-0.2, -0.15) is 0 Å². The van der Waals surface area contributed by atoms with Crippen molar-refractivity contribution in [1.82, 2.24) is 4.98 Å². The fraction of sp³-hybridized carbons (Fsp3) is 0.0577. The average molecular weight is 674 g/mol. The Balaban J connectivity index is 1.10. The highest BCUT2D eigenvalue weighted by molar-refractivity contribution is 6.17. The van der Waals surface area contributed by atoms with Gasteiger partial charge in [0, 0.05) is 21.8 Å². The zero-order chi connectivity index (χ0) is 35.3. The molecule has 9 aromatic carbocycles. The van der Waals surface area contributed by atoms with E-state index in [0.717, 1.165) is 11.2 Å². The first-order valence-electron chi connectivity index (χ1n) is 18.6. The second-order valence-corrected chi connectivity index (χ2v) is 15.0. The lowest BCUT2D eigenvalue weighted by molar-refractivity contribution is 0.662. The van der Waals surface area contributed by atoms with E-state index in [1.54, 1.807) is 0 Å². The minimum absolute atomic E-state index is 0.189. The number of rotatable bonds is 3. The third-order valence-electron chi connectivity index (χ3n) is 11.8. The van der Waals surface area contributed by atoms with Gasteiger partial charge in [0.1, 0.15) is 0 Å². The summed E-state index contributed by atoms with van der Waals surface area (Å²) in [5.74, 6) is 0. The Bertz CT molecular complexity index is 3130. The summed E-state index contributed by atoms with van der Waals surface area (Å²) in [6, 6.07) is 64.8. The minimum atomic E-state index is -0.189. The van der Waals surface area contributed by atoms with E-state index in [1.165, 1.54) is 98.5 Å². The Morgan fingerprint density at radius 1 is 0.377 bits per heavy atom. The first-order chi connectivity index (χ1) is 26.1. The maximum absolute atomic E-state index is 5.48. The van der Waals surface area contributed by atoms with Crippen LogP contribution in [0, 0.1) is 0 Å². The molecule has 11 rings (SSSR count). The largest absolute Gasteiger partial charge is 0.247 e. The standard InChI is InChI=1S/C52H35N/c1-52(2)47-22-12-11-21-44(47)51-49(52)48(45-28-27-32-13-3-6-16-38(32)50(45)53-51)34-25-23-33(24-26-34)37-29-30-43(41-19-9-7-18-40(37)41)46-31-35-14-4-5-15-36(35)39-17-8-10-20-42(39)46/h3-31H,1-2H3. The molecule has 0 unspecified atom stereocenters. The van der Waals surface area contributed by atoms with Crippen molar-refractivity contribution < 1.29 is 0 Å². The molecule has 0 spiro atoms. The second kappa shape index (κ2) is 11.2. The zero-order valence-corrected chi connectivity index (χ0v) is 29.7. The summed E-state index contributed by atoms with van der Waals surface area (Å²) in [5, 5.41) is 11.3. The van der Waals surface area contributed by atoms with E-state index in [0.29, 0.717) is 0 Å². The van der Waals surface area contributed by atoms with Crippen LogP contribution in [0.1, 0.15) is 25.0 Å². The Kier molecular flexibility index (Phi) is 6.37. The molecule has 0 N–H and O–H groups in total. The summed E-state index contributed by atoms with van der Waals surface area (Å²) in [7, 11) is 0. The molecule has 0 saturated carbocycles. The van der Waals surface area contributed by atoms with Gasteiger partial charge < -0.3 is 0 Å². The molecule has 1 aliphatic carbocycles. The molecule has 1 heterocycles. The molecular formula is C52H35N. The molecule has 248 valence electrons. The highest BCUT2D eigenvalue weighted by Crippen LogP contribution is 2.54. The lowest BCUT2D eigenvalue weighted by Crippen LogP contribution is -2.16. The van der Waals surface area contributed by atoms with Gasteiger partial charge >= 0.3 is 0 Å². The summed E-state index contributed by atoms with van der Waals surface area (Å²) in [4.78, 5) is 5.48. The van der Waals surface area contributed by atoms with Crippen molar-refractivity contribution in [2.75, 3.05) is 0 Å². The van der Waals surface area contributed by atoms with Crippen molar-refractivity contribution in [3.8, 4) is 44.6 Å². The van der Waals surface area contributed by atoms with Crippen LogP contribution in [0.3, 0.4) is 0 Å². The lowest BCUT2D eigenvalue weighted by Gasteiger charge is -2.25. The van der Waals surface area contributed by atoms with Crippen molar-refractivity contribution in [1.29, 1.82) is 0 Å². The van der Waals surface area contributed by atoms with Crippen molar-refractivity contribution in [3.05, 3.63) is 187 Å². The number of pyridine rings is 1. The van der Waals surface area contributed by atoms with E-state index in [4.69, 9.17) is 4.98 Å². The summed E-state index contributed by atoms with van der Waals surface area (Å²) >= 11 is 0. The van der Waals surface area contributed by atoms with Crippen molar-refractivity contribution in [2.45, 2.75) is 19.3 Å². The molecule has 0 radical (unpaired) electrons. The Hall–Kier alpha value is -6.57. The minimum Gasteiger partial charge on any atom is -0.247 e. The van der Waals surface area contributed by atoms with E-state index in [-0.39, 0.29) is 5.41 Å². The van der Waals surface area contributed by atoms with Crippen LogP contribution in [-0.2, 0) is 5.41 Å². The molecule has 10 aromatic rings. The van der Waals surface area contributed by atoms with Crippen LogP contribution >= 0.6 is 0 Å². The molecule has 0 fully saturated rings. The van der Waals surface area contributed by atoms with Crippen LogP contribution in [0.2, 0.25) is 0 Å². The molecule has 0 aliphatic heterocycles. The predicted octanol–water partition coefficient (Wildman–Crippen LogP) is 14.2. The SMILES string of the molecule is CC1(C)c2ccccc2-c2nc3c(ccc4ccccc43)c(-c3ccc(-c4ccc(-c5cc6ccccc6c6ccccc56)c5ccccc45)cc3)c21. The van der Waals surface area contributed by atoms with Crippen molar-refractivity contribution >= 4 is 54.0 Å². The van der Waals surface area contributed by atoms with Crippen LogP contribution in [0.15, 0.2) is 176 Å². The Morgan fingerprint density at radius 3 is 1.72 bits per heavy atom. The number of nitrogens with zero attached hydrogens (tertiary/aromatic N) is 1. The summed E-state index contributed by atoms with van der Waals surface area (Å²) in [6.07, 6.45) is 0. The topological polar surface area (TPSA) is 12.9 Å². The van der Waals surface area contributed by atoms with E-state index in [1.807, 2.05) is 0 Å². The quantitative estimate of drug-likeness (QED) is 0.170. The van der Waals surface area contributed by atoms with Gasteiger partial charge in [0.15, 0.2) is 0 Å². The fourth-order valence-corrected chi connectivity index (χ4v) is 9.35. The highest BCUT2D eigenvalue weighted by Gasteiger charge is 2.39. The summed E-state index contributed by atoms with van der Waals surface area (Å²) < 4.78 is 0. The molecule has 1 nitrogen and oxygen atoms in total. The van der Waals surface area contributed by atoms with Crippen molar-refractivity contribution in [2.24, 2.45) is 0 Å². The van der Waals surface area contributed by atoms with Crippen LogP contribution in [0.25, 0.3) is 98.6 Å². The van der Waals surface area contributed by atoms with Gasteiger partial charge in [-0.25, -0.2) is 4.98 Å². The van der Waals surface area contributed by atoms with Crippen LogP contribution in [-0.4, -0.2) is 4.98 Å². The fourth-order valence-electron chi connectivity index (χ4n) is 9.35. The first-order valence-corrected chi connectivity index (χ1v) is 18.6. The maximum atomic E-state index is 5.48. The first kappa shape index (κ1) is 30.1. The number of hydrogen-bond acceptors (Lipinski definition) is 1. The van der Waals surface area contributed by atoms with E-state index < -0.39 is 0 Å². The average Bonchev–Trinajstić information content (AvgIpc) is 3.45. The molecule has 53 heavy (non-hydrogen) atoms. The third kappa shape index (κ3) is 4.35. The Morgan fingerprint density at radius 2 is 0.943 bits per heavy atom. The highest BCUT2D eigenvalue weighted by atomic mass is 14.7. The molecule has 0 amide bonds. The number of fused-ring (bicyclic) bond motifs is 10. The lowest BCUT2D eigenvalue weighted by atomic mass is 9.78. The van der Waals surface area contributed by atoms with Gasteiger partial charge in [-0.15, -0.1) is 0 Å². The zero-order valence-electron chi connectivity index (χ0n) is 29.7. The Labute approximate surface area is 308 Å². The third-order valence-corrected chi connectivity index (χ3v) is 11.8. The number of aromatic nitrogens is 1. The molecule has 1 aliphatic rings. The molecule has 0 saturated heterocycles. The maximum Gasteiger partial charge on any atom is 0.0794 e. The molecule has 0 atom stereocenters.